The quantitative estimate of drug-likeness (QED) is 0.194. The first-order valence-electron chi connectivity index (χ1n) is 19.7. The molecule has 14 heteroatoms. The highest BCUT2D eigenvalue weighted by Gasteiger charge is 2.64. The molecule has 10 unspecified atom stereocenters. The second kappa shape index (κ2) is 14.7. The minimum atomic E-state index is -1.60. The van der Waals surface area contributed by atoms with Gasteiger partial charge in [-0.05, 0) is 87.5 Å². The van der Waals surface area contributed by atoms with Gasteiger partial charge in [0, 0.05) is 40.0 Å². The third-order valence-electron chi connectivity index (χ3n) is 14.2. The molecule has 7 rings (SSSR count). The second-order valence-corrected chi connectivity index (χ2v) is 17.3. The van der Waals surface area contributed by atoms with Crippen molar-refractivity contribution in [1.82, 2.24) is 0 Å². The van der Waals surface area contributed by atoms with Crippen LogP contribution in [-0.4, -0.2) is 91.4 Å². The predicted molar refractivity (Wildman–Crippen MR) is 189 cm³/mol. The van der Waals surface area contributed by atoms with Crippen molar-refractivity contribution < 1.29 is 66.7 Å². The third-order valence-corrected chi connectivity index (χ3v) is 14.2. The molecule has 15 atom stereocenters. The van der Waals surface area contributed by atoms with E-state index >= 15 is 0 Å². The number of carbonyl (C=O) groups excluding carboxylic acids is 6. The first-order valence-corrected chi connectivity index (χ1v) is 19.7. The van der Waals surface area contributed by atoms with Crippen LogP contribution in [0.4, 0.5) is 0 Å². The van der Waals surface area contributed by atoms with E-state index < -0.39 is 77.7 Å². The molecule has 4 aliphatic carbocycles. The van der Waals surface area contributed by atoms with Crippen LogP contribution >= 0.6 is 0 Å². The number of carbonyl (C=O) groups is 6. The lowest BCUT2D eigenvalue weighted by atomic mass is 9.47. The van der Waals surface area contributed by atoms with Crippen molar-refractivity contribution in [2.75, 3.05) is 13.2 Å². The van der Waals surface area contributed by atoms with Gasteiger partial charge >= 0.3 is 29.8 Å². The molecule has 0 aromatic rings. The Morgan fingerprint density at radius 1 is 0.782 bits per heavy atom. The Kier molecular flexibility index (Phi) is 10.6. The standard InChI is InChI=1S/C41H54O14/c1-20(42)50-33-34(51-21(2)43)37(55-38(53-23(4)45)35(33)52-22(3)44)48-19-30-36(47)54-31-17-40(30,6)49-18-26(31)28-14-13-27-25-12-11-24-9-8-10-32(46)41(24,7)29(25)15-16-39(27,28)5/h8,10-11,25-31,33-35,37-38H,9,12-19H2,1-7H3/t25?,26?,27?,28?,29?,30?,31?,33-,34+,35-,37+,38-,39?,40?,41?/m0/s1. The van der Waals surface area contributed by atoms with Gasteiger partial charge in [0.1, 0.15) is 12.0 Å². The minimum Gasteiger partial charge on any atom is -0.461 e. The van der Waals surface area contributed by atoms with Gasteiger partial charge in [-0.25, -0.2) is 0 Å². The summed E-state index contributed by atoms with van der Waals surface area (Å²) in [6, 6.07) is 0. The number of fused-ring (bicyclic) bond motifs is 7. The van der Waals surface area contributed by atoms with Gasteiger partial charge in [-0.15, -0.1) is 0 Å². The van der Waals surface area contributed by atoms with Crippen LogP contribution in [0.1, 0.15) is 93.4 Å². The zero-order chi connectivity index (χ0) is 39.6. The average Bonchev–Trinajstić information content (AvgIpc) is 3.44. The van der Waals surface area contributed by atoms with Crippen molar-refractivity contribution in [3.8, 4) is 0 Å². The number of ether oxygens (including phenoxy) is 8. The summed E-state index contributed by atoms with van der Waals surface area (Å²) in [5.74, 6) is -2.82. The maximum Gasteiger partial charge on any atom is 0.314 e. The Bertz CT molecular complexity index is 1670. The van der Waals surface area contributed by atoms with E-state index in [4.69, 9.17) is 37.9 Å². The fraction of sp³-hybridized carbons (Fsp3) is 0.756. The molecule has 3 aliphatic heterocycles. The molecule has 55 heavy (non-hydrogen) atoms. The highest BCUT2D eigenvalue weighted by Crippen LogP contribution is 2.67. The van der Waals surface area contributed by atoms with Gasteiger partial charge in [-0.2, -0.15) is 0 Å². The topological polar surface area (TPSA) is 176 Å². The van der Waals surface area contributed by atoms with Gasteiger partial charge in [0.2, 0.25) is 18.7 Å². The van der Waals surface area contributed by atoms with Crippen molar-refractivity contribution in [3.63, 3.8) is 0 Å². The number of esters is 5. The van der Waals surface area contributed by atoms with Gasteiger partial charge in [0.05, 0.1) is 24.2 Å². The van der Waals surface area contributed by atoms with Crippen LogP contribution in [-0.2, 0) is 66.7 Å². The lowest BCUT2D eigenvalue weighted by molar-refractivity contribution is -0.348. The third kappa shape index (κ3) is 6.94. The average molecular weight is 771 g/mol. The SMILES string of the molecule is CC(=O)O[C@H]1O[C@@H](OCC2C(=O)OC3CC2(C)OCC3C2CCC3C4CC=C5CC=CC(=O)C5(C)C4CCC23C)[C@H](OC(C)=O)[C@H](OC(C)=O)[C@@H]1OC(C)=O. The van der Waals surface area contributed by atoms with E-state index in [1.54, 1.807) is 6.08 Å². The van der Waals surface area contributed by atoms with E-state index in [2.05, 4.69) is 19.9 Å². The highest BCUT2D eigenvalue weighted by molar-refractivity contribution is 5.98. The highest BCUT2D eigenvalue weighted by atomic mass is 16.8. The summed E-state index contributed by atoms with van der Waals surface area (Å²) in [6.07, 6.45) is 4.60. The summed E-state index contributed by atoms with van der Waals surface area (Å²) in [7, 11) is 0. The molecular weight excluding hydrogens is 716 g/mol. The van der Waals surface area contributed by atoms with Crippen molar-refractivity contribution >= 4 is 35.6 Å². The lowest BCUT2D eigenvalue weighted by Gasteiger charge is -2.58. The maximum absolute atomic E-state index is 13.9. The Balaban J connectivity index is 1.06. The number of hydrogen-bond donors (Lipinski definition) is 0. The molecule has 7 aliphatic rings. The fourth-order valence-electron chi connectivity index (χ4n) is 11.7. The van der Waals surface area contributed by atoms with Gasteiger partial charge in [0.15, 0.2) is 18.0 Å². The van der Waals surface area contributed by atoms with Crippen LogP contribution in [0.5, 0.6) is 0 Å². The molecule has 0 radical (unpaired) electrons. The van der Waals surface area contributed by atoms with Crippen LogP contribution in [0.2, 0.25) is 0 Å². The van der Waals surface area contributed by atoms with E-state index in [1.165, 1.54) is 5.57 Å². The molecule has 0 spiro atoms. The molecule has 0 amide bonds. The van der Waals surface area contributed by atoms with E-state index in [1.807, 2.05) is 13.0 Å². The molecule has 302 valence electrons. The normalized spacial score (nSPS) is 44.5. The molecule has 2 bridgehead atoms. The number of rotatable bonds is 8. The van der Waals surface area contributed by atoms with Gasteiger partial charge in [-0.1, -0.05) is 24.6 Å². The largest absolute Gasteiger partial charge is 0.461 e. The second-order valence-electron chi connectivity index (χ2n) is 17.3. The van der Waals surface area contributed by atoms with Gasteiger partial charge < -0.3 is 37.9 Å². The minimum absolute atomic E-state index is 0.0113. The first kappa shape index (κ1) is 39.6. The maximum atomic E-state index is 13.9. The van der Waals surface area contributed by atoms with Crippen LogP contribution in [0.15, 0.2) is 23.8 Å². The van der Waals surface area contributed by atoms with Crippen molar-refractivity contribution in [2.24, 2.45) is 46.3 Å². The van der Waals surface area contributed by atoms with Gasteiger partial charge in [0.25, 0.3) is 0 Å². The Morgan fingerprint density at radius 2 is 1.40 bits per heavy atom. The van der Waals surface area contributed by atoms with E-state index in [0.29, 0.717) is 30.8 Å². The Morgan fingerprint density at radius 3 is 2.05 bits per heavy atom. The summed E-state index contributed by atoms with van der Waals surface area (Å²) in [5, 5.41) is 0. The zero-order valence-corrected chi connectivity index (χ0v) is 32.7. The molecule has 0 aromatic carbocycles. The van der Waals surface area contributed by atoms with Crippen LogP contribution in [0.3, 0.4) is 0 Å². The number of ketones is 1. The molecule has 3 saturated heterocycles. The molecule has 3 heterocycles. The zero-order valence-electron chi connectivity index (χ0n) is 32.7. The molecule has 0 N–H and O–H groups in total. The van der Waals surface area contributed by atoms with Crippen molar-refractivity contribution in [1.29, 1.82) is 0 Å². The summed E-state index contributed by atoms with van der Waals surface area (Å²) in [4.78, 5) is 75.8. The van der Waals surface area contributed by atoms with E-state index in [-0.39, 0.29) is 35.7 Å². The Labute approximate surface area is 321 Å². The van der Waals surface area contributed by atoms with E-state index in [9.17, 15) is 28.8 Å². The smallest absolute Gasteiger partial charge is 0.314 e. The molecule has 5 fully saturated rings. The van der Waals surface area contributed by atoms with Crippen molar-refractivity contribution in [3.05, 3.63) is 23.8 Å². The first-order chi connectivity index (χ1) is 26.0. The predicted octanol–water partition coefficient (Wildman–Crippen LogP) is 4.30. The summed E-state index contributed by atoms with van der Waals surface area (Å²) in [6.45, 7) is 11.0. The molecular formula is C41H54O14. The molecule has 14 nitrogen and oxygen atoms in total. The Hall–Kier alpha value is -3.62. The monoisotopic (exact) mass is 770 g/mol. The number of hydrogen-bond acceptors (Lipinski definition) is 14. The molecule has 0 aromatic heterocycles. The lowest BCUT2D eigenvalue weighted by Crippen LogP contribution is -2.64. The summed E-state index contributed by atoms with van der Waals surface area (Å²) >= 11 is 0. The number of allylic oxidation sites excluding steroid dienone is 4. The van der Waals surface area contributed by atoms with Crippen molar-refractivity contribution in [2.45, 2.75) is 136 Å². The van der Waals surface area contributed by atoms with Gasteiger partial charge in [-0.3, -0.25) is 28.8 Å². The summed E-state index contributed by atoms with van der Waals surface area (Å²) < 4.78 is 46.5. The van der Waals surface area contributed by atoms with E-state index in [0.717, 1.165) is 66.2 Å². The fourth-order valence-corrected chi connectivity index (χ4v) is 11.7. The molecule has 2 saturated carbocycles. The van der Waals surface area contributed by atoms with Crippen LogP contribution in [0, 0.1) is 46.3 Å². The van der Waals surface area contributed by atoms with Crippen LogP contribution < -0.4 is 0 Å². The summed E-state index contributed by atoms with van der Waals surface area (Å²) in [5.41, 5.74) is -0.0765. The van der Waals surface area contributed by atoms with Crippen LogP contribution in [0.25, 0.3) is 0 Å².